The van der Waals surface area contributed by atoms with Crippen LogP contribution < -0.4 is 0 Å². The monoisotopic (exact) mass is 440 g/mol. The minimum Gasteiger partial charge on any atom is -0.478 e. The first-order valence-corrected chi connectivity index (χ1v) is 10.6. The number of ether oxygens (including phenoxy) is 1. The maximum atomic E-state index is 12.5. The van der Waals surface area contributed by atoms with Gasteiger partial charge in [-0.15, -0.1) is 0 Å². The molecule has 1 aliphatic carbocycles. The molecule has 3 atom stereocenters. The van der Waals surface area contributed by atoms with Crippen LogP contribution in [0.5, 0.6) is 0 Å². The largest absolute Gasteiger partial charge is 0.478 e. The van der Waals surface area contributed by atoms with E-state index in [1.807, 2.05) is 13.8 Å². The molecule has 8 nitrogen and oxygen atoms in total. The Balaban J connectivity index is 0.000000312. The zero-order valence-corrected chi connectivity index (χ0v) is 18.4. The summed E-state index contributed by atoms with van der Waals surface area (Å²) in [5, 5.41) is 16.9. The molecule has 0 saturated heterocycles. The van der Waals surface area contributed by atoms with Crippen molar-refractivity contribution in [3.8, 4) is 0 Å². The molecule has 0 radical (unpaired) electrons. The van der Waals surface area contributed by atoms with E-state index in [9.17, 15) is 14.4 Å². The highest BCUT2D eigenvalue weighted by Gasteiger charge is 2.36. The second kappa shape index (κ2) is 9.82. The molecule has 0 saturated carbocycles. The van der Waals surface area contributed by atoms with Crippen molar-refractivity contribution in [1.82, 2.24) is 9.88 Å². The number of carbonyl (C=O) groups is 3. The molecular formula is C24H28N2O6. The summed E-state index contributed by atoms with van der Waals surface area (Å²) in [5.41, 5.74) is 5.07. The Morgan fingerprint density at radius 3 is 2.56 bits per heavy atom. The summed E-state index contributed by atoms with van der Waals surface area (Å²) in [7, 11) is 2.11. The molecule has 4 rings (SSSR count). The van der Waals surface area contributed by atoms with Crippen LogP contribution in [-0.4, -0.2) is 63.7 Å². The number of rotatable bonds is 5. The predicted molar refractivity (Wildman–Crippen MR) is 120 cm³/mol. The van der Waals surface area contributed by atoms with Crippen molar-refractivity contribution in [2.75, 3.05) is 13.6 Å². The smallest absolute Gasteiger partial charge is 0.328 e. The molecule has 3 N–H and O–H groups in total. The number of carboxylic acid groups (broad SMARTS) is 2. The van der Waals surface area contributed by atoms with Gasteiger partial charge in [0.25, 0.3) is 0 Å². The molecule has 8 heteroatoms. The quantitative estimate of drug-likeness (QED) is 0.483. The molecule has 1 aromatic carbocycles. The number of benzene rings is 1. The number of hydrogen-bond donors (Lipinski definition) is 3. The van der Waals surface area contributed by atoms with Crippen molar-refractivity contribution >= 4 is 34.4 Å². The number of nitrogens with zero attached hydrogens (tertiary/aromatic N) is 1. The lowest BCUT2D eigenvalue weighted by Gasteiger charge is -2.39. The van der Waals surface area contributed by atoms with Gasteiger partial charge < -0.3 is 19.9 Å². The Morgan fingerprint density at radius 2 is 1.94 bits per heavy atom. The van der Waals surface area contributed by atoms with E-state index in [-0.39, 0.29) is 18.0 Å². The fraction of sp³-hybridized carbons (Fsp3) is 0.375. The van der Waals surface area contributed by atoms with Crippen molar-refractivity contribution in [3.05, 3.63) is 53.8 Å². The van der Waals surface area contributed by atoms with Crippen molar-refractivity contribution in [2.24, 2.45) is 5.92 Å². The molecular weight excluding hydrogens is 412 g/mol. The van der Waals surface area contributed by atoms with Crippen LogP contribution in [0.15, 0.2) is 42.6 Å². The second-order valence-electron chi connectivity index (χ2n) is 8.10. The van der Waals surface area contributed by atoms with E-state index in [4.69, 9.17) is 14.9 Å². The van der Waals surface area contributed by atoms with Gasteiger partial charge >= 0.3 is 17.9 Å². The number of H-pyrrole nitrogens is 1. The van der Waals surface area contributed by atoms with Gasteiger partial charge in [0.15, 0.2) is 0 Å². The van der Waals surface area contributed by atoms with Gasteiger partial charge in [0.2, 0.25) is 0 Å². The molecule has 1 aliphatic heterocycles. The maximum absolute atomic E-state index is 12.5. The molecule has 32 heavy (non-hydrogen) atoms. The Morgan fingerprint density at radius 1 is 1.25 bits per heavy atom. The van der Waals surface area contributed by atoms with E-state index in [1.165, 1.54) is 27.6 Å². The first-order valence-electron chi connectivity index (χ1n) is 10.6. The van der Waals surface area contributed by atoms with Gasteiger partial charge in [-0.05, 0) is 49.6 Å². The lowest BCUT2D eigenvalue weighted by atomic mass is 9.80. The summed E-state index contributed by atoms with van der Waals surface area (Å²) in [6.45, 7) is 4.71. The summed E-state index contributed by atoms with van der Waals surface area (Å²) in [6.07, 6.45) is 7.21. The molecule has 1 aromatic heterocycles. The van der Waals surface area contributed by atoms with Crippen LogP contribution in [0, 0.1) is 5.92 Å². The Bertz CT molecular complexity index is 1070. The zero-order valence-electron chi connectivity index (χ0n) is 18.4. The summed E-state index contributed by atoms with van der Waals surface area (Å²) in [6, 6.07) is 6.71. The Kier molecular flexibility index (Phi) is 7.15. The van der Waals surface area contributed by atoms with E-state index in [0.717, 1.165) is 19.4 Å². The van der Waals surface area contributed by atoms with Crippen LogP contribution in [0.2, 0.25) is 0 Å². The summed E-state index contributed by atoms with van der Waals surface area (Å²) < 4.78 is 5.58. The van der Waals surface area contributed by atoms with E-state index < -0.39 is 11.9 Å². The number of likely N-dealkylation sites (N-methyl/N-ethyl adjacent to an activating group) is 1. The summed E-state index contributed by atoms with van der Waals surface area (Å²) in [5.74, 6) is -2.81. The standard InChI is InChI=1S/C20H24N2O2.C4H4O4/c1-4-12(2)24-20(23)14-8-16-15-6-5-7-17-19(15)13(10-21-17)9-18(16)22(3)11-14;5-3(6)1-2-4(7)8/h5-8,10,12,14,18,21H,4,9,11H2,1-3H3;1-2H,(H,5,6)(H,7,8)/b;2-1+. The molecule has 2 heterocycles. The van der Waals surface area contributed by atoms with Crippen molar-refractivity contribution < 1.29 is 29.3 Å². The SMILES string of the molecule is CCC(C)OC(=O)C1C=C2c3cccc4[nH]cc(c34)CC2N(C)C1.O=C(O)/C=C/C(=O)O. The maximum Gasteiger partial charge on any atom is 0.328 e. The number of esters is 1. The van der Waals surface area contributed by atoms with E-state index in [2.05, 4.69) is 47.4 Å². The first kappa shape index (κ1) is 23.3. The number of nitrogens with one attached hydrogen (secondary N) is 1. The van der Waals surface area contributed by atoms with Crippen molar-refractivity contribution in [1.29, 1.82) is 0 Å². The third kappa shape index (κ3) is 5.08. The second-order valence-corrected chi connectivity index (χ2v) is 8.10. The predicted octanol–water partition coefficient (Wildman–Crippen LogP) is 3.09. The van der Waals surface area contributed by atoms with Gasteiger partial charge in [-0.1, -0.05) is 25.1 Å². The van der Waals surface area contributed by atoms with Gasteiger partial charge in [0, 0.05) is 41.8 Å². The number of fused-ring (bicyclic) bond motifs is 2. The van der Waals surface area contributed by atoms with Gasteiger partial charge in [-0.25, -0.2) is 9.59 Å². The highest BCUT2D eigenvalue weighted by Crippen LogP contribution is 2.40. The van der Waals surface area contributed by atoms with Crippen LogP contribution in [0.1, 0.15) is 31.4 Å². The molecule has 2 aromatic rings. The van der Waals surface area contributed by atoms with Gasteiger partial charge in [-0.3, -0.25) is 9.69 Å². The van der Waals surface area contributed by atoms with Crippen LogP contribution >= 0.6 is 0 Å². The zero-order chi connectivity index (χ0) is 23.4. The molecule has 0 fully saturated rings. The molecule has 3 unspecified atom stereocenters. The van der Waals surface area contributed by atoms with Gasteiger partial charge in [0.1, 0.15) is 0 Å². The first-order chi connectivity index (χ1) is 15.2. The van der Waals surface area contributed by atoms with Gasteiger partial charge in [0.05, 0.1) is 12.0 Å². The summed E-state index contributed by atoms with van der Waals surface area (Å²) in [4.78, 5) is 37.3. The molecule has 0 bridgehead atoms. The topological polar surface area (TPSA) is 120 Å². The lowest BCUT2D eigenvalue weighted by Crippen LogP contribution is -2.44. The number of aromatic amines is 1. The third-order valence-electron chi connectivity index (χ3n) is 5.83. The van der Waals surface area contributed by atoms with Crippen LogP contribution in [0.25, 0.3) is 16.5 Å². The number of hydrogen-bond acceptors (Lipinski definition) is 5. The highest BCUT2D eigenvalue weighted by molar-refractivity contribution is 5.99. The van der Waals surface area contributed by atoms with E-state index in [1.54, 1.807) is 0 Å². The van der Waals surface area contributed by atoms with Crippen molar-refractivity contribution in [3.63, 3.8) is 0 Å². The fourth-order valence-corrected chi connectivity index (χ4v) is 4.11. The van der Waals surface area contributed by atoms with Gasteiger partial charge in [-0.2, -0.15) is 0 Å². The average Bonchev–Trinajstić information content (AvgIpc) is 3.17. The molecule has 0 spiro atoms. The van der Waals surface area contributed by atoms with Crippen LogP contribution in [0.4, 0.5) is 0 Å². The summed E-state index contributed by atoms with van der Waals surface area (Å²) >= 11 is 0. The molecule has 2 aliphatic rings. The minimum absolute atomic E-state index is 0.0232. The van der Waals surface area contributed by atoms with Crippen LogP contribution in [0.3, 0.4) is 0 Å². The Labute approximate surface area is 186 Å². The molecule has 0 amide bonds. The molecule has 170 valence electrons. The number of aliphatic carboxylic acids is 2. The number of aromatic nitrogens is 1. The third-order valence-corrected chi connectivity index (χ3v) is 5.83. The fourth-order valence-electron chi connectivity index (χ4n) is 4.11. The highest BCUT2D eigenvalue weighted by atomic mass is 16.5. The number of carbonyl (C=O) groups excluding carboxylic acids is 1. The normalized spacial score (nSPS) is 20.7. The Hall–Kier alpha value is -3.39. The average molecular weight is 440 g/mol. The number of carboxylic acids is 2. The lowest BCUT2D eigenvalue weighted by molar-refractivity contribution is -0.152. The van der Waals surface area contributed by atoms with E-state index >= 15 is 0 Å². The van der Waals surface area contributed by atoms with Crippen LogP contribution in [-0.2, 0) is 25.5 Å². The minimum atomic E-state index is -1.26. The van der Waals surface area contributed by atoms with Crippen molar-refractivity contribution in [2.45, 2.75) is 38.8 Å². The van der Waals surface area contributed by atoms with E-state index in [0.29, 0.717) is 18.2 Å².